The maximum absolute atomic E-state index is 6.12. The number of hydrogen-bond acceptors (Lipinski definition) is 2. The van der Waals surface area contributed by atoms with Crippen molar-refractivity contribution < 1.29 is 0 Å². The molecule has 2 heteroatoms. The lowest BCUT2D eigenvalue weighted by Crippen LogP contribution is -2.42. The van der Waals surface area contributed by atoms with Crippen LogP contribution in [0.1, 0.15) is 58.8 Å². The standard InChI is InChI=1S/C13H28N2/c1-3-11(2)13(14)10-15-12-8-6-4-5-7-9-12/h11-13,15H,3-10,14H2,1-2H3. The van der Waals surface area contributed by atoms with E-state index in [1.54, 1.807) is 0 Å². The van der Waals surface area contributed by atoms with Gasteiger partial charge >= 0.3 is 0 Å². The fourth-order valence-electron chi connectivity index (χ4n) is 2.29. The van der Waals surface area contributed by atoms with E-state index in [-0.39, 0.29) is 0 Å². The van der Waals surface area contributed by atoms with E-state index >= 15 is 0 Å². The summed E-state index contributed by atoms with van der Waals surface area (Å²) in [5.41, 5.74) is 6.12. The largest absolute Gasteiger partial charge is 0.326 e. The molecule has 90 valence electrons. The van der Waals surface area contributed by atoms with Gasteiger partial charge < -0.3 is 11.1 Å². The molecule has 2 unspecified atom stereocenters. The van der Waals surface area contributed by atoms with Crippen LogP contribution in [0.3, 0.4) is 0 Å². The van der Waals surface area contributed by atoms with Gasteiger partial charge in [-0.3, -0.25) is 0 Å². The SMILES string of the molecule is CCC(C)C(N)CNC1CCCCCC1. The third kappa shape index (κ3) is 4.98. The van der Waals surface area contributed by atoms with E-state index in [0.29, 0.717) is 12.0 Å². The molecule has 0 saturated heterocycles. The van der Waals surface area contributed by atoms with Crippen molar-refractivity contribution in [2.75, 3.05) is 6.54 Å². The number of nitrogens with two attached hydrogens (primary N) is 1. The van der Waals surface area contributed by atoms with E-state index in [4.69, 9.17) is 5.73 Å². The van der Waals surface area contributed by atoms with E-state index in [0.717, 1.165) is 12.6 Å². The van der Waals surface area contributed by atoms with Gasteiger partial charge in [-0.25, -0.2) is 0 Å². The first-order chi connectivity index (χ1) is 7.24. The Morgan fingerprint density at radius 1 is 1.20 bits per heavy atom. The zero-order valence-corrected chi connectivity index (χ0v) is 10.5. The molecule has 1 fully saturated rings. The highest BCUT2D eigenvalue weighted by atomic mass is 14.9. The highest BCUT2D eigenvalue weighted by Gasteiger charge is 2.15. The van der Waals surface area contributed by atoms with Crippen LogP contribution in [0.5, 0.6) is 0 Å². The Morgan fingerprint density at radius 2 is 1.80 bits per heavy atom. The predicted octanol–water partition coefficient (Wildman–Crippen LogP) is 2.67. The van der Waals surface area contributed by atoms with Gasteiger partial charge in [0.1, 0.15) is 0 Å². The third-order valence-electron chi connectivity index (χ3n) is 3.87. The summed E-state index contributed by atoms with van der Waals surface area (Å²) < 4.78 is 0. The zero-order chi connectivity index (χ0) is 11.1. The van der Waals surface area contributed by atoms with Crippen LogP contribution in [-0.2, 0) is 0 Å². The van der Waals surface area contributed by atoms with Gasteiger partial charge in [-0.15, -0.1) is 0 Å². The normalized spacial score (nSPS) is 23.4. The quantitative estimate of drug-likeness (QED) is 0.688. The average molecular weight is 212 g/mol. The fraction of sp³-hybridized carbons (Fsp3) is 1.00. The molecule has 1 aliphatic rings. The fourth-order valence-corrected chi connectivity index (χ4v) is 2.29. The Balaban J connectivity index is 2.17. The summed E-state index contributed by atoms with van der Waals surface area (Å²) in [6.07, 6.45) is 9.55. The monoisotopic (exact) mass is 212 g/mol. The summed E-state index contributed by atoms with van der Waals surface area (Å²) in [5, 5.41) is 3.65. The Kier molecular flexibility index (Phi) is 6.26. The Bertz CT molecular complexity index is 151. The lowest BCUT2D eigenvalue weighted by Gasteiger charge is -2.23. The summed E-state index contributed by atoms with van der Waals surface area (Å²) in [4.78, 5) is 0. The molecule has 0 aromatic carbocycles. The molecule has 15 heavy (non-hydrogen) atoms. The molecular weight excluding hydrogens is 184 g/mol. The lowest BCUT2D eigenvalue weighted by molar-refractivity contribution is 0.377. The first-order valence-electron chi connectivity index (χ1n) is 6.73. The lowest BCUT2D eigenvalue weighted by atomic mass is 9.99. The molecule has 0 radical (unpaired) electrons. The van der Waals surface area contributed by atoms with Crippen molar-refractivity contribution in [2.45, 2.75) is 70.9 Å². The molecule has 1 rings (SSSR count). The Hall–Kier alpha value is -0.0800. The summed E-state index contributed by atoms with van der Waals surface area (Å²) >= 11 is 0. The molecule has 0 spiro atoms. The minimum atomic E-state index is 0.332. The summed E-state index contributed by atoms with van der Waals surface area (Å²) in [6, 6.07) is 1.07. The van der Waals surface area contributed by atoms with Gasteiger partial charge in [0.15, 0.2) is 0 Å². The Morgan fingerprint density at radius 3 is 2.33 bits per heavy atom. The molecule has 2 nitrogen and oxygen atoms in total. The minimum absolute atomic E-state index is 0.332. The van der Waals surface area contributed by atoms with E-state index < -0.39 is 0 Å². The summed E-state index contributed by atoms with van der Waals surface area (Å²) in [5.74, 6) is 0.642. The highest BCUT2D eigenvalue weighted by molar-refractivity contribution is 4.76. The molecule has 0 amide bonds. The molecule has 1 saturated carbocycles. The van der Waals surface area contributed by atoms with Gasteiger partial charge in [-0.05, 0) is 18.8 Å². The Labute approximate surface area is 95.0 Å². The van der Waals surface area contributed by atoms with Crippen LogP contribution in [0.2, 0.25) is 0 Å². The van der Waals surface area contributed by atoms with Gasteiger partial charge in [-0.1, -0.05) is 46.0 Å². The van der Waals surface area contributed by atoms with Crippen molar-refractivity contribution >= 4 is 0 Å². The smallest absolute Gasteiger partial charge is 0.0191 e. The van der Waals surface area contributed by atoms with E-state index in [1.807, 2.05) is 0 Å². The van der Waals surface area contributed by atoms with Crippen LogP contribution < -0.4 is 11.1 Å². The predicted molar refractivity (Wildman–Crippen MR) is 66.9 cm³/mol. The van der Waals surface area contributed by atoms with Crippen molar-refractivity contribution in [3.05, 3.63) is 0 Å². The van der Waals surface area contributed by atoms with Crippen LogP contribution in [-0.4, -0.2) is 18.6 Å². The first-order valence-corrected chi connectivity index (χ1v) is 6.73. The van der Waals surface area contributed by atoms with Crippen LogP contribution in [0.15, 0.2) is 0 Å². The number of rotatable bonds is 5. The van der Waals surface area contributed by atoms with Crippen LogP contribution >= 0.6 is 0 Å². The molecule has 0 aromatic rings. The summed E-state index contributed by atoms with van der Waals surface area (Å²) in [7, 11) is 0. The molecule has 1 aliphatic carbocycles. The molecule has 0 bridgehead atoms. The second-order valence-electron chi connectivity index (χ2n) is 5.15. The van der Waals surface area contributed by atoms with E-state index in [9.17, 15) is 0 Å². The van der Waals surface area contributed by atoms with E-state index in [2.05, 4.69) is 19.2 Å². The average Bonchev–Trinajstić information content (AvgIpc) is 2.53. The topological polar surface area (TPSA) is 38.0 Å². The van der Waals surface area contributed by atoms with Gasteiger partial charge in [0.2, 0.25) is 0 Å². The second kappa shape index (κ2) is 7.24. The molecular formula is C13H28N2. The first kappa shape index (κ1) is 13.0. The zero-order valence-electron chi connectivity index (χ0n) is 10.5. The van der Waals surface area contributed by atoms with Crippen LogP contribution in [0.25, 0.3) is 0 Å². The number of hydrogen-bond donors (Lipinski definition) is 2. The van der Waals surface area contributed by atoms with Crippen LogP contribution in [0, 0.1) is 5.92 Å². The number of nitrogens with one attached hydrogen (secondary N) is 1. The van der Waals surface area contributed by atoms with Gasteiger partial charge in [0, 0.05) is 18.6 Å². The molecule has 0 aromatic heterocycles. The molecule has 0 aliphatic heterocycles. The van der Waals surface area contributed by atoms with Crippen molar-refractivity contribution in [2.24, 2.45) is 11.7 Å². The molecule has 2 atom stereocenters. The van der Waals surface area contributed by atoms with Crippen molar-refractivity contribution in [1.29, 1.82) is 0 Å². The minimum Gasteiger partial charge on any atom is -0.326 e. The van der Waals surface area contributed by atoms with Gasteiger partial charge in [-0.2, -0.15) is 0 Å². The third-order valence-corrected chi connectivity index (χ3v) is 3.87. The van der Waals surface area contributed by atoms with E-state index in [1.165, 1.54) is 44.9 Å². The van der Waals surface area contributed by atoms with Crippen molar-refractivity contribution in [1.82, 2.24) is 5.32 Å². The molecule has 3 N–H and O–H groups in total. The second-order valence-corrected chi connectivity index (χ2v) is 5.15. The van der Waals surface area contributed by atoms with Gasteiger partial charge in [0.25, 0.3) is 0 Å². The summed E-state index contributed by atoms with van der Waals surface area (Å²) in [6.45, 7) is 5.47. The van der Waals surface area contributed by atoms with Crippen molar-refractivity contribution in [3.63, 3.8) is 0 Å². The van der Waals surface area contributed by atoms with Crippen molar-refractivity contribution in [3.8, 4) is 0 Å². The van der Waals surface area contributed by atoms with Gasteiger partial charge in [0.05, 0.1) is 0 Å². The van der Waals surface area contributed by atoms with Crippen LogP contribution in [0.4, 0.5) is 0 Å². The molecule has 0 heterocycles. The maximum atomic E-state index is 6.12. The maximum Gasteiger partial charge on any atom is 0.0191 e. The highest BCUT2D eigenvalue weighted by Crippen LogP contribution is 2.17.